The number of benzene rings is 2. The first-order chi connectivity index (χ1) is 11.7. The van der Waals surface area contributed by atoms with Crippen LogP contribution < -0.4 is 4.74 Å². The summed E-state index contributed by atoms with van der Waals surface area (Å²) >= 11 is 0. The lowest BCUT2D eigenvalue weighted by atomic mass is 9.84. The van der Waals surface area contributed by atoms with E-state index in [1.54, 1.807) is 0 Å². The van der Waals surface area contributed by atoms with Gasteiger partial charge in [0.1, 0.15) is 5.75 Å². The van der Waals surface area contributed by atoms with Gasteiger partial charge in [0.2, 0.25) is 5.91 Å². The van der Waals surface area contributed by atoms with Crippen molar-refractivity contribution in [1.82, 2.24) is 4.90 Å². The number of carbonyl (C=O) groups excluding carboxylic acids is 1. The summed E-state index contributed by atoms with van der Waals surface area (Å²) in [6.45, 7) is 5.68. The molecule has 2 atom stereocenters. The molecule has 1 heterocycles. The van der Waals surface area contributed by atoms with E-state index in [0.29, 0.717) is 18.9 Å². The summed E-state index contributed by atoms with van der Waals surface area (Å²) in [5, 5.41) is 0. The SMILES string of the molecule is Cc1ccccc1OCCCC(=O)N1C[C@H](C)[C@@H]1c1ccccc1. The number of hydrogen-bond acceptors (Lipinski definition) is 2. The number of likely N-dealkylation sites (tertiary alicyclic amines) is 1. The standard InChI is InChI=1S/C21H25NO2/c1-16-9-6-7-12-19(16)24-14-8-13-20(23)22-15-17(2)21(22)18-10-4-3-5-11-18/h3-7,9-12,17,21H,8,13-15H2,1-2H3/t17-,21+/m0/s1. The molecule has 0 N–H and O–H groups in total. The number of aryl methyl sites for hydroxylation is 1. The molecule has 24 heavy (non-hydrogen) atoms. The highest BCUT2D eigenvalue weighted by Crippen LogP contribution is 2.38. The minimum absolute atomic E-state index is 0.232. The van der Waals surface area contributed by atoms with Gasteiger partial charge in [-0.2, -0.15) is 0 Å². The van der Waals surface area contributed by atoms with Crippen molar-refractivity contribution in [2.75, 3.05) is 13.2 Å². The van der Waals surface area contributed by atoms with Crippen LogP contribution in [0.25, 0.3) is 0 Å². The molecule has 0 radical (unpaired) electrons. The monoisotopic (exact) mass is 323 g/mol. The fourth-order valence-electron chi connectivity index (χ4n) is 3.38. The summed E-state index contributed by atoms with van der Waals surface area (Å²) in [4.78, 5) is 14.5. The van der Waals surface area contributed by atoms with Gasteiger partial charge in [0.25, 0.3) is 0 Å². The first-order valence-electron chi connectivity index (χ1n) is 8.69. The predicted molar refractivity (Wildman–Crippen MR) is 96.0 cm³/mol. The molecule has 3 nitrogen and oxygen atoms in total. The van der Waals surface area contributed by atoms with Crippen molar-refractivity contribution in [3.05, 3.63) is 65.7 Å². The van der Waals surface area contributed by atoms with Crippen LogP contribution in [-0.4, -0.2) is 24.0 Å². The van der Waals surface area contributed by atoms with Crippen molar-refractivity contribution in [2.45, 2.75) is 32.7 Å². The maximum atomic E-state index is 12.5. The van der Waals surface area contributed by atoms with E-state index in [-0.39, 0.29) is 11.9 Å². The highest BCUT2D eigenvalue weighted by Gasteiger charge is 2.39. The fraction of sp³-hybridized carbons (Fsp3) is 0.381. The van der Waals surface area contributed by atoms with Crippen molar-refractivity contribution in [3.63, 3.8) is 0 Å². The molecule has 1 saturated heterocycles. The van der Waals surface area contributed by atoms with Gasteiger partial charge in [0.05, 0.1) is 12.6 Å². The number of carbonyl (C=O) groups is 1. The zero-order valence-corrected chi connectivity index (χ0v) is 14.4. The Morgan fingerprint density at radius 3 is 2.54 bits per heavy atom. The van der Waals surface area contributed by atoms with Crippen molar-refractivity contribution in [1.29, 1.82) is 0 Å². The van der Waals surface area contributed by atoms with E-state index < -0.39 is 0 Å². The van der Waals surface area contributed by atoms with Gasteiger partial charge in [0.15, 0.2) is 0 Å². The third-order valence-electron chi connectivity index (χ3n) is 4.71. The summed E-state index contributed by atoms with van der Waals surface area (Å²) in [7, 11) is 0. The number of rotatable bonds is 6. The Labute approximate surface area is 144 Å². The molecule has 126 valence electrons. The fourth-order valence-corrected chi connectivity index (χ4v) is 3.38. The Morgan fingerprint density at radius 2 is 1.83 bits per heavy atom. The Balaban J connectivity index is 1.48. The lowest BCUT2D eigenvalue weighted by molar-refractivity contribution is -0.143. The Bertz CT molecular complexity index is 683. The second-order valence-electron chi connectivity index (χ2n) is 6.60. The number of amides is 1. The van der Waals surface area contributed by atoms with E-state index in [1.807, 2.05) is 54.3 Å². The quantitative estimate of drug-likeness (QED) is 0.739. The van der Waals surface area contributed by atoms with E-state index in [2.05, 4.69) is 19.1 Å². The minimum atomic E-state index is 0.232. The van der Waals surface area contributed by atoms with E-state index in [0.717, 1.165) is 24.3 Å². The maximum Gasteiger partial charge on any atom is 0.223 e. The molecule has 1 aliphatic rings. The predicted octanol–water partition coefficient (Wildman–Crippen LogP) is 4.37. The molecule has 0 aliphatic carbocycles. The highest BCUT2D eigenvalue weighted by atomic mass is 16.5. The number of nitrogens with zero attached hydrogens (tertiary/aromatic N) is 1. The molecule has 0 spiro atoms. The normalized spacial score (nSPS) is 19.7. The zero-order valence-electron chi connectivity index (χ0n) is 14.4. The van der Waals surface area contributed by atoms with E-state index in [4.69, 9.17) is 4.74 Å². The van der Waals surface area contributed by atoms with Crippen LogP contribution in [0.2, 0.25) is 0 Å². The molecular formula is C21H25NO2. The van der Waals surface area contributed by atoms with E-state index >= 15 is 0 Å². The molecule has 3 rings (SSSR count). The van der Waals surface area contributed by atoms with Crippen molar-refractivity contribution < 1.29 is 9.53 Å². The molecule has 2 aromatic carbocycles. The van der Waals surface area contributed by atoms with Crippen LogP contribution >= 0.6 is 0 Å². The van der Waals surface area contributed by atoms with Crippen LogP contribution in [0.3, 0.4) is 0 Å². The van der Waals surface area contributed by atoms with Gasteiger partial charge >= 0.3 is 0 Å². The second-order valence-corrected chi connectivity index (χ2v) is 6.60. The Morgan fingerprint density at radius 1 is 1.12 bits per heavy atom. The van der Waals surface area contributed by atoms with E-state index in [9.17, 15) is 4.79 Å². The van der Waals surface area contributed by atoms with Crippen molar-refractivity contribution >= 4 is 5.91 Å². The maximum absolute atomic E-state index is 12.5. The molecule has 1 aliphatic heterocycles. The molecule has 3 heteroatoms. The molecule has 0 unspecified atom stereocenters. The van der Waals surface area contributed by atoms with Crippen LogP contribution in [-0.2, 0) is 4.79 Å². The molecule has 1 amide bonds. The summed E-state index contributed by atoms with van der Waals surface area (Å²) in [5.74, 6) is 1.67. The van der Waals surface area contributed by atoms with Crippen molar-refractivity contribution in [3.8, 4) is 5.75 Å². The molecule has 0 saturated carbocycles. The Hall–Kier alpha value is -2.29. The van der Waals surface area contributed by atoms with Gasteiger partial charge < -0.3 is 9.64 Å². The largest absolute Gasteiger partial charge is 0.493 e. The van der Waals surface area contributed by atoms with E-state index in [1.165, 1.54) is 5.56 Å². The van der Waals surface area contributed by atoms with Crippen LogP contribution in [0, 0.1) is 12.8 Å². The van der Waals surface area contributed by atoms with Crippen LogP contribution in [0.1, 0.15) is 36.9 Å². The van der Waals surface area contributed by atoms with Crippen molar-refractivity contribution in [2.24, 2.45) is 5.92 Å². The topological polar surface area (TPSA) is 29.5 Å². The van der Waals surface area contributed by atoms with Gasteiger partial charge in [-0.15, -0.1) is 0 Å². The number of hydrogen-bond donors (Lipinski definition) is 0. The molecule has 0 aromatic heterocycles. The zero-order chi connectivity index (χ0) is 16.9. The highest BCUT2D eigenvalue weighted by molar-refractivity contribution is 5.77. The second kappa shape index (κ2) is 7.52. The number of para-hydroxylation sites is 1. The van der Waals surface area contributed by atoms with Gasteiger partial charge in [-0.05, 0) is 36.5 Å². The molecule has 2 aromatic rings. The molecule has 1 fully saturated rings. The first-order valence-corrected chi connectivity index (χ1v) is 8.69. The lowest BCUT2D eigenvalue weighted by Gasteiger charge is -2.47. The summed E-state index contributed by atoms with van der Waals surface area (Å²) in [6.07, 6.45) is 1.29. The molecular weight excluding hydrogens is 298 g/mol. The lowest BCUT2D eigenvalue weighted by Crippen LogP contribution is -2.51. The average Bonchev–Trinajstić information content (AvgIpc) is 2.58. The third kappa shape index (κ3) is 3.61. The van der Waals surface area contributed by atoms with Gasteiger partial charge in [0, 0.05) is 13.0 Å². The Kier molecular flexibility index (Phi) is 5.19. The summed E-state index contributed by atoms with van der Waals surface area (Å²) < 4.78 is 5.78. The van der Waals surface area contributed by atoms with Gasteiger partial charge in [-0.3, -0.25) is 4.79 Å². The summed E-state index contributed by atoms with van der Waals surface area (Å²) in [6, 6.07) is 18.5. The average molecular weight is 323 g/mol. The molecule has 0 bridgehead atoms. The third-order valence-corrected chi connectivity index (χ3v) is 4.71. The van der Waals surface area contributed by atoms with Crippen LogP contribution in [0.4, 0.5) is 0 Å². The minimum Gasteiger partial charge on any atom is -0.493 e. The van der Waals surface area contributed by atoms with Gasteiger partial charge in [-0.1, -0.05) is 55.5 Å². The van der Waals surface area contributed by atoms with Crippen LogP contribution in [0.15, 0.2) is 54.6 Å². The van der Waals surface area contributed by atoms with Gasteiger partial charge in [-0.25, -0.2) is 0 Å². The first kappa shape index (κ1) is 16.6. The number of ether oxygens (including phenoxy) is 1. The van der Waals surface area contributed by atoms with Crippen LogP contribution in [0.5, 0.6) is 5.75 Å². The smallest absolute Gasteiger partial charge is 0.223 e. The summed E-state index contributed by atoms with van der Waals surface area (Å²) in [5.41, 5.74) is 2.37.